The van der Waals surface area contributed by atoms with E-state index in [4.69, 9.17) is 4.74 Å². The molecule has 0 saturated carbocycles. The molecule has 5 saturated heterocycles. The van der Waals surface area contributed by atoms with E-state index in [-0.39, 0.29) is 41.5 Å². The zero-order chi connectivity index (χ0) is 23.5. The Bertz CT molecular complexity index is 1010. The number of likely N-dealkylation sites (tertiary alicyclic amines) is 2. The summed E-state index contributed by atoms with van der Waals surface area (Å²) in [6.07, 6.45) is 3.33. The van der Waals surface area contributed by atoms with Crippen molar-refractivity contribution in [1.82, 2.24) is 15.1 Å². The molecule has 1 spiro atoms. The SMILES string of the molecule is C[C@]12CCN(C(=O)N3CCC4(C3)CN(c3ccc(N5CCCC5=O)cc3)C4)C[C@H]1NC(=O)CO2. The highest BCUT2D eigenvalue weighted by molar-refractivity contribution is 5.95. The van der Waals surface area contributed by atoms with Crippen molar-refractivity contribution in [3.8, 4) is 0 Å². The lowest BCUT2D eigenvalue weighted by Gasteiger charge is -2.50. The summed E-state index contributed by atoms with van der Waals surface area (Å²) in [5.74, 6) is 0.106. The Morgan fingerprint density at radius 1 is 1.00 bits per heavy atom. The number of hydrogen-bond donors (Lipinski definition) is 1. The lowest BCUT2D eigenvalue weighted by molar-refractivity contribution is -0.156. The third-order valence-corrected chi connectivity index (χ3v) is 8.52. The van der Waals surface area contributed by atoms with Crippen LogP contribution in [0.1, 0.15) is 32.6 Å². The molecule has 4 amide bonds. The van der Waals surface area contributed by atoms with E-state index in [1.165, 1.54) is 5.69 Å². The van der Waals surface area contributed by atoms with E-state index in [1.807, 2.05) is 33.8 Å². The Hall–Kier alpha value is -2.81. The Labute approximate surface area is 200 Å². The summed E-state index contributed by atoms with van der Waals surface area (Å²) < 4.78 is 5.80. The van der Waals surface area contributed by atoms with Gasteiger partial charge in [0.05, 0.1) is 11.6 Å². The standard InChI is InChI=1S/C25H33N5O4/c1-24-8-11-27(13-20(24)26-21(31)14-34-24)23(33)28-12-9-25(15-28)16-29(17-25)18-4-6-19(7-5-18)30-10-2-3-22(30)32/h4-7,20H,2-3,8-17H2,1H3,(H,26,31)/t20-,24+/m1/s1. The van der Waals surface area contributed by atoms with E-state index in [2.05, 4.69) is 22.3 Å². The first-order valence-corrected chi connectivity index (χ1v) is 12.5. The molecule has 0 radical (unpaired) electrons. The van der Waals surface area contributed by atoms with Gasteiger partial charge in [-0.2, -0.15) is 0 Å². The van der Waals surface area contributed by atoms with Crippen LogP contribution < -0.4 is 15.1 Å². The number of anilines is 2. The van der Waals surface area contributed by atoms with Crippen molar-refractivity contribution in [2.75, 3.05) is 62.2 Å². The molecule has 0 bridgehead atoms. The van der Waals surface area contributed by atoms with Crippen LogP contribution in [0.3, 0.4) is 0 Å². The molecule has 5 aliphatic rings. The maximum atomic E-state index is 13.3. The van der Waals surface area contributed by atoms with Crippen molar-refractivity contribution in [3.05, 3.63) is 24.3 Å². The molecule has 0 aromatic heterocycles. The van der Waals surface area contributed by atoms with Gasteiger partial charge in [-0.3, -0.25) is 9.59 Å². The predicted octanol–water partition coefficient (Wildman–Crippen LogP) is 1.42. The van der Waals surface area contributed by atoms with Crippen LogP contribution in [0, 0.1) is 5.41 Å². The second-order valence-corrected chi connectivity index (χ2v) is 10.9. The molecule has 0 aliphatic carbocycles. The fourth-order valence-electron chi connectivity index (χ4n) is 6.31. The van der Waals surface area contributed by atoms with Crippen molar-refractivity contribution in [3.63, 3.8) is 0 Å². The van der Waals surface area contributed by atoms with Crippen molar-refractivity contribution in [2.45, 2.75) is 44.2 Å². The molecular formula is C25H33N5O4. The fourth-order valence-corrected chi connectivity index (χ4v) is 6.31. The van der Waals surface area contributed by atoms with Gasteiger partial charge in [0.2, 0.25) is 11.8 Å². The fraction of sp³-hybridized carbons (Fsp3) is 0.640. The molecule has 6 rings (SSSR count). The summed E-state index contributed by atoms with van der Waals surface area (Å²) in [5.41, 5.74) is 1.93. The van der Waals surface area contributed by atoms with Gasteiger partial charge in [0.25, 0.3) is 0 Å². The third kappa shape index (κ3) is 3.61. The number of rotatable bonds is 2. The van der Waals surface area contributed by atoms with Crippen molar-refractivity contribution < 1.29 is 19.1 Å². The molecule has 1 aromatic carbocycles. The number of carbonyl (C=O) groups is 3. The van der Waals surface area contributed by atoms with E-state index >= 15 is 0 Å². The van der Waals surface area contributed by atoms with Gasteiger partial charge < -0.3 is 29.7 Å². The van der Waals surface area contributed by atoms with Crippen LogP contribution in [-0.2, 0) is 14.3 Å². The number of nitrogens with one attached hydrogen (secondary N) is 1. The number of hydrogen-bond acceptors (Lipinski definition) is 5. The molecular weight excluding hydrogens is 434 g/mol. The van der Waals surface area contributed by atoms with Gasteiger partial charge in [-0.25, -0.2) is 4.79 Å². The normalized spacial score (nSPS) is 30.4. The minimum absolute atomic E-state index is 0.0804. The van der Waals surface area contributed by atoms with Gasteiger partial charge in [0.1, 0.15) is 6.61 Å². The second-order valence-electron chi connectivity index (χ2n) is 10.9. The molecule has 5 fully saturated rings. The average Bonchev–Trinajstić information content (AvgIpc) is 3.45. The van der Waals surface area contributed by atoms with Crippen LogP contribution in [0.2, 0.25) is 0 Å². The Morgan fingerprint density at radius 2 is 1.74 bits per heavy atom. The van der Waals surface area contributed by atoms with Crippen LogP contribution >= 0.6 is 0 Å². The Morgan fingerprint density at radius 3 is 2.47 bits per heavy atom. The molecule has 1 N–H and O–H groups in total. The van der Waals surface area contributed by atoms with E-state index in [1.54, 1.807) is 0 Å². The van der Waals surface area contributed by atoms with Gasteiger partial charge in [-0.1, -0.05) is 0 Å². The molecule has 0 unspecified atom stereocenters. The number of urea groups is 1. The minimum atomic E-state index is -0.386. The van der Waals surface area contributed by atoms with Crippen molar-refractivity contribution >= 4 is 29.2 Å². The molecule has 5 aliphatic heterocycles. The molecule has 2 atom stereocenters. The summed E-state index contributed by atoms with van der Waals surface area (Å²) >= 11 is 0. The summed E-state index contributed by atoms with van der Waals surface area (Å²) in [5, 5.41) is 3.02. The molecule has 34 heavy (non-hydrogen) atoms. The largest absolute Gasteiger partial charge is 0.370 e. The first kappa shape index (κ1) is 21.7. The number of fused-ring (bicyclic) bond motifs is 1. The highest BCUT2D eigenvalue weighted by Gasteiger charge is 2.51. The van der Waals surface area contributed by atoms with Gasteiger partial charge in [0.15, 0.2) is 0 Å². The Kier molecular flexibility index (Phi) is 5.02. The quantitative estimate of drug-likeness (QED) is 0.711. The maximum absolute atomic E-state index is 13.3. The second kappa shape index (κ2) is 7.86. The topological polar surface area (TPSA) is 85.4 Å². The first-order chi connectivity index (χ1) is 16.3. The average molecular weight is 468 g/mol. The number of carbonyl (C=O) groups excluding carboxylic acids is 3. The number of ether oxygens (including phenoxy) is 1. The first-order valence-electron chi connectivity index (χ1n) is 12.5. The smallest absolute Gasteiger partial charge is 0.320 e. The molecule has 1 aromatic rings. The predicted molar refractivity (Wildman–Crippen MR) is 127 cm³/mol. The maximum Gasteiger partial charge on any atom is 0.320 e. The number of piperidine rings is 1. The summed E-state index contributed by atoms with van der Waals surface area (Å²) in [7, 11) is 0. The van der Waals surface area contributed by atoms with E-state index in [9.17, 15) is 14.4 Å². The summed E-state index contributed by atoms with van der Waals surface area (Å²) in [4.78, 5) is 45.2. The zero-order valence-corrected chi connectivity index (χ0v) is 19.8. The molecule has 9 heteroatoms. The zero-order valence-electron chi connectivity index (χ0n) is 19.8. The van der Waals surface area contributed by atoms with Crippen molar-refractivity contribution in [1.29, 1.82) is 0 Å². The highest BCUT2D eigenvalue weighted by Crippen LogP contribution is 2.42. The van der Waals surface area contributed by atoms with Crippen LogP contribution in [-0.4, -0.2) is 91.7 Å². The molecule has 5 heterocycles. The van der Waals surface area contributed by atoms with Gasteiger partial charge >= 0.3 is 6.03 Å². The highest BCUT2D eigenvalue weighted by atomic mass is 16.5. The van der Waals surface area contributed by atoms with Crippen LogP contribution in [0.15, 0.2) is 24.3 Å². The van der Waals surface area contributed by atoms with Gasteiger partial charge in [-0.05, 0) is 50.5 Å². The Balaban J connectivity index is 1.04. The summed E-state index contributed by atoms with van der Waals surface area (Å²) in [6.45, 7) is 7.56. The van der Waals surface area contributed by atoms with E-state index in [0.29, 0.717) is 19.5 Å². The van der Waals surface area contributed by atoms with E-state index < -0.39 is 0 Å². The van der Waals surface area contributed by atoms with Crippen LogP contribution in [0.4, 0.5) is 16.2 Å². The van der Waals surface area contributed by atoms with Crippen molar-refractivity contribution in [2.24, 2.45) is 5.41 Å². The van der Waals surface area contributed by atoms with Gasteiger partial charge in [-0.15, -0.1) is 0 Å². The third-order valence-electron chi connectivity index (χ3n) is 8.52. The summed E-state index contributed by atoms with van der Waals surface area (Å²) in [6, 6.07) is 8.24. The van der Waals surface area contributed by atoms with Gasteiger partial charge in [0, 0.05) is 69.0 Å². The van der Waals surface area contributed by atoms with E-state index in [0.717, 1.165) is 57.7 Å². The lowest BCUT2D eigenvalue weighted by atomic mass is 9.78. The minimum Gasteiger partial charge on any atom is -0.370 e. The van der Waals surface area contributed by atoms with Crippen LogP contribution in [0.25, 0.3) is 0 Å². The molecule has 9 nitrogen and oxygen atoms in total. The number of amides is 4. The lowest BCUT2D eigenvalue weighted by Crippen LogP contribution is -2.67. The van der Waals surface area contributed by atoms with Crippen LogP contribution in [0.5, 0.6) is 0 Å². The number of nitrogens with zero attached hydrogens (tertiary/aromatic N) is 4. The number of morpholine rings is 1. The molecule has 182 valence electrons. The monoisotopic (exact) mass is 467 g/mol. The number of benzene rings is 1.